The van der Waals surface area contributed by atoms with Crippen LogP contribution < -0.4 is 0 Å². The lowest BCUT2D eigenvalue weighted by Gasteiger charge is -2.08. The van der Waals surface area contributed by atoms with Crippen LogP contribution in [0, 0.1) is 0 Å². The van der Waals surface area contributed by atoms with Crippen molar-refractivity contribution < 1.29 is 9.90 Å². The number of carbonyl (C=O) groups is 1. The van der Waals surface area contributed by atoms with Gasteiger partial charge in [-0.25, -0.2) is 0 Å². The summed E-state index contributed by atoms with van der Waals surface area (Å²) in [6, 6.07) is 13.9. The maximum absolute atomic E-state index is 10.8. The van der Waals surface area contributed by atoms with Gasteiger partial charge in [-0.1, -0.05) is 42.5 Å². The number of rotatable bonds is 3. The third-order valence-electron chi connectivity index (χ3n) is 2.58. The second-order valence-corrected chi connectivity index (χ2v) is 4.32. The van der Waals surface area contributed by atoms with E-state index in [-0.39, 0.29) is 0 Å². The summed E-state index contributed by atoms with van der Waals surface area (Å²) in [4.78, 5) is 10.8. The first-order chi connectivity index (χ1) is 7.68. The molecule has 82 valence electrons. The van der Waals surface area contributed by atoms with Crippen molar-refractivity contribution in [3.05, 3.63) is 48.0 Å². The van der Waals surface area contributed by atoms with Crippen LogP contribution in [-0.2, 0) is 11.2 Å². The summed E-state index contributed by atoms with van der Waals surface area (Å²) in [6.07, 6.45) is 0.444. The zero-order valence-electron chi connectivity index (χ0n) is 8.63. The Morgan fingerprint density at radius 1 is 1.19 bits per heavy atom. The average molecular weight is 232 g/mol. The molecule has 0 radical (unpaired) electrons. The maximum atomic E-state index is 10.8. The highest BCUT2D eigenvalue weighted by atomic mass is 32.1. The summed E-state index contributed by atoms with van der Waals surface area (Å²) in [6.45, 7) is 0. The first-order valence-electron chi connectivity index (χ1n) is 5.06. The van der Waals surface area contributed by atoms with E-state index in [1.807, 2.05) is 42.5 Å². The molecular formula is C13H12O2S. The van der Waals surface area contributed by atoms with Crippen LogP contribution in [0.1, 0.15) is 5.56 Å². The molecule has 0 aliphatic heterocycles. The third kappa shape index (κ3) is 2.19. The van der Waals surface area contributed by atoms with Gasteiger partial charge in [0.25, 0.3) is 0 Å². The molecule has 1 unspecified atom stereocenters. The molecule has 2 rings (SSSR count). The molecule has 0 saturated heterocycles. The molecule has 2 aromatic carbocycles. The van der Waals surface area contributed by atoms with Gasteiger partial charge in [-0.2, -0.15) is 12.6 Å². The first-order valence-corrected chi connectivity index (χ1v) is 5.57. The lowest BCUT2D eigenvalue weighted by molar-refractivity contribution is -0.136. The minimum Gasteiger partial charge on any atom is -0.480 e. The summed E-state index contributed by atoms with van der Waals surface area (Å²) in [5.74, 6) is -0.878. The Morgan fingerprint density at radius 3 is 2.62 bits per heavy atom. The van der Waals surface area contributed by atoms with E-state index in [2.05, 4.69) is 12.6 Å². The quantitative estimate of drug-likeness (QED) is 0.798. The second kappa shape index (κ2) is 4.58. The van der Waals surface area contributed by atoms with E-state index in [4.69, 9.17) is 5.11 Å². The van der Waals surface area contributed by atoms with E-state index >= 15 is 0 Å². The van der Waals surface area contributed by atoms with Crippen molar-refractivity contribution >= 4 is 29.4 Å². The van der Waals surface area contributed by atoms with E-state index in [0.29, 0.717) is 6.42 Å². The molecule has 16 heavy (non-hydrogen) atoms. The normalized spacial score (nSPS) is 12.6. The Kier molecular flexibility index (Phi) is 3.15. The molecule has 2 nitrogen and oxygen atoms in total. The van der Waals surface area contributed by atoms with Crippen molar-refractivity contribution in [3.63, 3.8) is 0 Å². The maximum Gasteiger partial charge on any atom is 0.316 e. The number of hydrogen-bond acceptors (Lipinski definition) is 2. The predicted molar refractivity (Wildman–Crippen MR) is 68.1 cm³/mol. The minimum atomic E-state index is -0.878. The minimum absolute atomic E-state index is 0.444. The number of fused-ring (bicyclic) bond motifs is 1. The molecule has 0 bridgehead atoms. The fourth-order valence-electron chi connectivity index (χ4n) is 1.77. The lowest BCUT2D eigenvalue weighted by Crippen LogP contribution is -2.16. The van der Waals surface area contributed by atoms with E-state index in [1.54, 1.807) is 0 Å². The van der Waals surface area contributed by atoms with Gasteiger partial charge in [0.15, 0.2) is 0 Å². The zero-order chi connectivity index (χ0) is 11.5. The molecular weight excluding hydrogens is 220 g/mol. The van der Waals surface area contributed by atoms with Gasteiger partial charge in [-0.05, 0) is 22.8 Å². The molecule has 0 amide bonds. The number of thiol groups is 1. The third-order valence-corrected chi connectivity index (χ3v) is 2.98. The Balaban J connectivity index is 2.41. The van der Waals surface area contributed by atoms with Gasteiger partial charge >= 0.3 is 5.97 Å². The van der Waals surface area contributed by atoms with Crippen LogP contribution in [0.15, 0.2) is 42.5 Å². The predicted octanol–water partition coefficient (Wildman–Crippen LogP) is 2.77. The molecule has 0 saturated carbocycles. The first kappa shape index (κ1) is 11.0. The molecule has 0 fully saturated rings. The molecule has 1 N–H and O–H groups in total. The number of aliphatic carboxylic acids is 1. The molecule has 0 aliphatic carbocycles. The highest BCUT2D eigenvalue weighted by molar-refractivity contribution is 7.81. The topological polar surface area (TPSA) is 37.3 Å². The lowest BCUT2D eigenvalue weighted by atomic mass is 10.0. The molecule has 0 aliphatic rings. The van der Waals surface area contributed by atoms with Crippen LogP contribution in [0.5, 0.6) is 0 Å². The van der Waals surface area contributed by atoms with E-state index < -0.39 is 11.2 Å². The standard InChI is InChI=1S/C13H12O2S/c14-13(15)12(16)8-10-6-3-5-9-4-1-2-7-11(9)10/h1-7,12,16H,8H2,(H,14,15). The highest BCUT2D eigenvalue weighted by Gasteiger charge is 2.13. The SMILES string of the molecule is O=C(O)C(S)Cc1cccc2ccccc12. The Morgan fingerprint density at radius 2 is 1.88 bits per heavy atom. The van der Waals surface area contributed by atoms with E-state index in [9.17, 15) is 4.79 Å². The van der Waals surface area contributed by atoms with Crippen molar-refractivity contribution in [2.75, 3.05) is 0 Å². The molecule has 0 aromatic heterocycles. The van der Waals surface area contributed by atoms with Crippen molar-refractivity contribution in [1.29, 1.82) is 0 Å². The smallest absolute Gasteiger partial charge is 0.316 e. The summed E-state index contributed by atoms with van der Waals surface area (Å²) < 4.78 is 0. The number of hydrogen-bond donors (Lipinski definition) is 2. The van der Waals surface area contributed by atoms with Gasteiger partial charge in [0.2, 0.25) is 0 Å². The van der Waals surface area contributed by atoms with Gasteiger partial charge < -0.3 is 5.11 Å². The van der Waals surface area contributed by atoms with Crippen LogP contribution in [0.25, 0.3) is 10.8 Å². The molecule has 0 spiro atoms. The number of benzene rings is 2. The molecule has 3 heteroatoms. The largest absolute Gasteiger partial charge is 0.480 e. The zero-order valence-corrected chi connectivity index (χ0v) is 9.52. The van der Waals surface area contributed by atoms with Crippen molar-refractivity contribution in [2.45, 2.75) is 11.7 Å². The van der Waals surface area contributed by atoms with E-state index in [1.165, 1.54) is 0 Å². The van der Waals surface area contributed by atoms with Crippen LogP contribution in [0.3, 0.4) is 0 Å². The Hall–Kier alpha value is -1.48. The second-order valence-electron chi connectivity index (χ2n) is 3.70. The van der Waals surface area contributed by atoms with Crippen LogP contribution in [-0.4, -0.2) is 16.3 Å². The fraction of sp³-hybridized carbons (Fsp3) is 0.154. The summed E-state index contributed by atoms with van der Waals surface area (Å²) >= 11 is 4.06. The summed E-state index contributed by atoms with van der Waals surface area (Å²) in [5, 5.41) is 10.4. The van der Waals surface area contributed by atoms with Crippen LogP contribution >= 0.6 is 12.6 Å². The van der Waals surface area contributed by atoms with Crippen molar-refractivity contribution in [1.82, 2.24) is 0 Å². The van der Waals surface area contributed by atoms with Gasteiger partial charge in [0.1, 0.15) is 5.25 Å². The van der Waals surface area contributed by atoms with Gasteiger partial charge in [-0.3, -0.25) is 4.79 Å². The summed E-state index contributed by atoms with van der Waals surface area (Å²) in [7, 11) is 0. The van der Waals surface area contributed by atoms with Gasteiger partial charge in [0, 0.05) is 0 Å². The monoisotopic (exact) mass is 232 g/mol. The average Bonchev–Trinajstić information content (AvgIpc) is 2.29. The molecule has 2 aromatic rings. The Labute approximate surface area is 99.3 Å². The van der Waals surface area contributed by atoms with Crippen LogP contribution in [0.2, 0.25) is 0 Å². The van der Waals surface area contributed by atoms with Gasteiger partial charge in [-0.15, -0.1) is 0 Å². The van der Waals surface area contributed by atoms with Crippen LogP contribution in [0.4, 0.5) is 0 Å². The Bertz CT molecular complexity index is 517. The highest BCUT2D eigenvalue weighted by Crippen LogP contribution is 2.20. The number of carboxylic acids is 1. The number of carboxylic acid groups (broad SMARTS) is 1. The van der Waals surface area contributed by atoms with Crippen molar-refractivity contribution in [3.8, 4) is 0 Å². The van der Waals surface area contributed by atoms with E-state index in [0.717, 1.165) is 16.3 Å². The fourth-order valence-corrected chi connectivity index (χ4v) is 1.96. The molecule has 0 heterocycles. The molecule has 1 atom stereocenters. The van der Waals surface area contributed by atoms with Gasteiger partial charge in [0.05, 0.1) is 0 Å². The van der Waals surface area contributed by atoms with Crippen molar-refractivity contribution in [2.24, 2.45) is 0 Å². The summed E-state index contributed by atoms with van der Waals surface area (Å²) in [5.41, 5.74) is 1.03.